The number of aliphatic hydroxyl groups is 1. The Hall–Kier alpha value is -1.80. The minimum absolute atomic E-state index is 0.0621. The molecule has 1 aromatic rings. The van der Waals surface area contributed by atoms with Crippen molar-refractivity contribution in [3.05, 3.63) is 47.5 Å². The fourth-order valence-corrected chi connectivity index (χ4v) is 6.68. The standard InChI is InChI=1S/C27H38ClNO6S.BF4/c1-18(2)10-11-21-26(3,35-21)24-23(33-4)20(34-25(31)29-22(30)16-28)12-14-27(24,32)17-36-15-13-19-8-6-5-7-9-19;2-1(3,4)5/h5-10,20-21,23-24,32H,11-17H2,1-4H3,(H,29,30,31);/q;-1/p+1. The fourth-order valence-electron chi connectivity index (χ4n) is 5.29. The molecule has 0 aromatic heterocycles. The number of rotatable bonds is 11. The summed E-state index contributed by atoms with van der Waals surface area (Å²) >= 11 is 6.63. The summed E-state index contributed by atoms with van der Waals surface area (Å²) in [6, 6.07) is 10.3. The zero-order valence-corrected chi connectivity index (χ0v) is 25.3. The molecule has 6 atom stereocenters. The third-order valence-corrected chi connectivity index (χ3v) is 8.71. The number of thiol groups is 1. The van der Waals surface area contributed by atoms with Gasteiger partial charge in [-0.25, -0.2) is 4.79 Å². The summed E-state index contributed by atoms with van der Waals surface area (Å²) in [7, 11) is -4.44. The lowest BCUT2D eigenvalue weighted by Crippen LogP contribution is -2.62. The van der Waals surface area contributed by atoms with E-state index >= 15 is 0 Å². The Bertz CT molecular complexity index is 1030. The lowest BCUT2D eigenvalue weighted by atomic mass is 9.66. The summed E-state index contributed by atoms with van der Waals surface area (Å²) < 4.78 is 56.7. The molecule has 2 fully saturated rings. The second kappa shape index (κ2) is 15.6. The number of epoxide rings is 1. The monoisotopic (exact) mass is 627 g/mol. The first-order valence-corrected chi connectivity index (χ1v) is 15.1. The molecular weight excluding hydrogens is 589 g/mol. The summed E-state index contributed by atoms with van der Waals surface area (Å²) in [6.07, 6.45) is 2.52. The molecule has 2 N–H and O–H groups in total. The van der Waals surface area contributed by atoms with Crippen LogP contribution in [0.5, 0.6) is 0 Å². The molecule has 0 bridgehead atoms. The van der Waals surface area contributed by atoms with Gasteiger partial charge >= 0.3 is 13.3 Å². The van der Waals surface area contributed by atoms with Crippen molar-refractivity contribution in [3.63, 3.8) is 0 Å². The normalized spacial score (nSPS) is 29.0. The van der Waals surface area contributed by atoms with Crippen LogP contribution in [0.1, 0.15) is 45.6 Å². The Balaban J connectivity index is 0.00000108. The van der Waals surface area contributed by atoms with Gasteiger partial charge in [0.15, 0.2) is 0 Å². The average Bonchev–Trinajstić information content (AvgIpc) is 3.55. The molecule has 41 heavy (non-hydrogen) atoms. The topological polar surface area (TPSA) is 97.4 Å². The van der Waals surface area contributed by atoms with Gasteiger partial charge < -0.3 is 36.6 Å². The Labute approximate surface area is 247 Å². The van der Waals surface area contributed by atoms with Crippen molar-refractivity contribution in [2.75, 3.05) is 24.5 Å². The van der Waals surface area contributed by atoms with Gasteiger partial charge in [-0.15, -0.1) is 11.6 Å². The van der Waals surface area contributed by atoms with E-state index in [2.05, 4.69) is 23.5 Å². The van der Waals surface area contributed by atoms with E-state index in [9.17, 15) is 32.0 Å². The van der Waals surface area contributed by atoms with Crippen molar-refractivity contribution in [2.45, 2.75) is 76.0 Å². The number of imide groups is 1. The Morgan fingerprint density at radius 3 is 2.44 bits per heavy atom. The van der Waals surface area contributed by atoms with Crippen molar-refractivity contribution in [1.82, 2.24) is 5.32 Å². The molecule has 1 heterocycles. The van der Waals surface area contributed by atoms with Gasteiger partial charge in [-0.1, -0.05) is 42.0 Å². The number of alkyl halides is 1. The van der Waals surface area contributed by atoms with Gasteiger partial charge in [-0.05, 0) is 57.4 Å². The van der Waals surface area contributed by atoms with E-state index in [0.717, 1.165) is 30.4 Å². The summed E-state index contributed by atoms with van der Waals surface area (Å²) in [5, 5.41) is 14.1. The van der Waals surface area contributed by atoms with Crippen LogP contribution in [0.4, 0.5) is 22.1 Å². The minimum Gasteiger partial charge on any atom is -0.443 e. The molecule has 3 rings (SSSR count). The molecule has 14 heteroatoms. The smallest absolute Gasteiger partial charge is 0.443 e. The molecule has 7 nitrogen and oxygen atoms in total. The Morgan fingerprint density at radius 2 is 1.88 bits per heavy atom. The van der Waals surface area contributed by atoms with Crippen molar-refractivity contribution in [2.24, 2.45) is 5.92 Å². The molecule has 1 aliphatic heterocycles. The molecule has 1 aliphatic carbocycles. The highest BCUT2D eigenvalue weighted by Gasteiger charge is 2.68. The zero-order valence-electron chi connectivity index (χ0n) is 23.6. The van der Waals surface area contributed by atoms with E-state index in [1.165, 1.54) is 11.1 Å². The number of amides is 2. The number of halogens is 5. The van der Waals surface area contributed by atoms with Crippen molar-refractivity contribution < 1.29 is 46.2 Å². The van der Waals surface area contributed by atoms with E-state index in [-0.39, 0.29) is 12.0 Å². The number of methoxy groups -OCH3 is 1. The van der Waals surface area contributed by atoms with E-state index in [1.807, 2.05) is 39.0 Å². The van der Waals surface area contributed by atoms with Crippen molar-refractivity contribution in [1.29, 1.82) is 0 Å². The number of carbonyl (C=O) groups excluding carboxylic acids is 2. The number of ether oxygens (including phenoxy) is 3. The van der Waals surface area contributed by atoms with Crippen LogP contribution in [0, 0.1) is 5.92 Å². The predicted molar refractivity (Wildman–Crippen MR) is 154 cm³/mol. The predicted octanol–water partition coefficient (Wildman–Crippen LogP) is 4.87. The minimum atomic E-state index is -6.00. The molecule has 232 valence electrons. The second-order valence-corrected chi connectivity index (χ2v) is 12.1. The number of benzene rings is 1. The zero-order chi connectivity index (χ0) is 30.8. The Kier molecular flexibility index (Phi) is 13.5. The lowest BCUT2D eigenvalue weighted by Gasteiger charge is -2.47. The van der Waals surface area contributed by atoms with Crippen molar-refractivity contribution >= 4 is 42.6 Å². The quantitative estimate of drug-likeness (QED) is 0.0531. The summed E-state index contributed by atoms with van der Waals surface area (Å²) in [5.41, 5.74) is 0.810. The van der Waals surface area contributed by atoms with Crippen LogP contribution in [0.3, 0.4) is 0 Å². The van der Waals surface area contributed by atoms with Crippen LogP contribution in [-0.4, -0.2) is 78.4 Å². The van der Waals surface area contributed by atoms with E-state index < -0.39 is 48.6 Å². The summed E-state index contributed by atoms with van der Waals surface area (Å²) in [6.45, 7) is 6.11. The van der Waals surface area contributed by atoms with Gasteiger partial charge in [-0.2, -0.15) is 0 Å². The molecule has 2 amide bonds. The summed E-state index contributed by atoms with van der Waals surface area (Å²) in [4.78, 5) is 23.8. The average molecular weight is 628 g/mol. The van der Waals surface area contributed by atoms with E-state index in [0.29, 0.717) is 18.6 Å². The van der Waals surface area contributed by atoms with Crippen LogP contribution < -0.4 is 5.32 Å². The number of aryl methyl sites for hydroxylation is 1. The van der Waals surface area contributed by atoms with Gasteiger partial charge in [0.2, 0.25) is 5.91 Å². The maximum atomic E-state index is 12.3. The molecule has 6 unspecified atom stereocenters. The van der Waals surface area contributed by atoms with Crippen LogP contribution in [-0.2, 0) is 37.2 Å². The Morgan fingerprint density at radius 1 is 1.24 bits per heavy atom. The van der Waals surface area contributed by atoms with Gasteiger partial charge in [-0.3, -0.25) is 10.1 Å². The maximum absolute atomic E-state index is 12.3. The molecular formula is C27H39BClF4NO6S. The first-order chi connectivity index (χ1) is 19.1. The van der Waals surface area contributed by atoms with Crippen LogP contribution in [0.25, 0.3) is 0 Å². The van der Waals surface area contributed by atoms with E-state index in [1.54, 1.807) is 7.11 Å². The van der Waals surface area contributed by atoms with Gasteiger partial charge in [0.1, 0.15) is 40.8 Å². The number of nitrogens with one attached hydrogen (secondary N) is 1. The van der Waals surface area contributed by atoms with Crippen LogP contribution >= 0.6 is 11.6 Å². The SMILES string of the molecule is COC1C(OC(=O)NC(=O)CCl)CCC(O)(C[SH+]CCc2ccccc2)C1C1(C)OC1CC=C(C)C.F[B-](F)(F)F. The van der Waals surface area contributed by atoms with E-state index in [4.69, 9.17) is 25.8 Å². The maximum Gasteiger partial charge on any atom is 0.673 e. The van der Waals surface area contributed by atoms with Gasteiger partial charge in [0.25, 0.3) is 0 Å². The number of hydrogen-bond acceptors (Lipinski definition) is 6. The fraction of sp³-hybridized carbons (Fsp3) is 0.630. The molecule has 1 saturated carbocycles. The summed E-state index contributed by atoms with van der Waals surface area (Å²) in [5.74, 6) is 0.123. The third-order valence-electron chi connectivity index (χ3n) is 7.15. The number of carbonyl (C=O) groups is 2. The van der Waals surface area contributed by atoms with Crippen LogP contribution in [0.2, 0.25) is 0 Å². The van der Waals surface area contributed by atoms with Crippen LogP contribution in [0.15, 0.2) is 42.0 Å². The molecule has 0 radical (unpaired) electrons. The van der Waals surface area contributed by atoms with Gasteiger partial charge in [0, 0.05) is 13.5 Å². The lowest BCUT2D eigenvalue weighted by molar-refractivity contribution is -0.170. The largest absolute Gasteiger partial charge is 0.673 e. The third kappa shape index (κ3) is 11.4. The highest BCUT2D eigenvalue weighted by Crippen LogP contribution is 2.54. The molecule has 2 aliphatic rings. The first-order valence-electron chi connectivity index (χ1n) is 13.3. The molecule has 1 aromatic carbocycles. The van der Waals surface area contributed by atoms with Gasteiger partial charge in [0.05, 0.1) is 12.0 Å². The number of allylic oxidation sites excluding steroid dienone is 1. The number of hydrogen-bond donors (Lipinski definition) is 2. The highest BCUT2D eigenvalue weighted by molar-refractivity contribution is 7.78. The first kappa shape index (κ1) is 35.4. The highest BCUT2D eigenvalue weighted by atomic mass is 35.5. The number of alkyl carbamates (subject to hydrolysis) is 1. The molecule has 1 saturated heterocycles. The van der Waals surface area contributed by atoms with Crippen molar-refractivity contribution in [3.8, 4) is 0 Å². The molecule has 0 spiro atoms. The second-order valence-electron chi connectivity index (χ2n) is 10.6.